The third kappa shape index (κ3) is 3.21. The monoisotopic (exact) mass is 308 g/mol. The lowest BCUT2D eigenvalue weighted by molar-refractivity contribution is -0.197. The Kier molecular flexibility index (Phi) is 4.69. The van der Waals surface area contributed by atoms with Gasteiger partial charge in [-0.1, -0.05) is 6.92 Å². The number of rotatable bonds is 6. The van der Waals surface area contributed by atoms with Crippen LogP contribution in [0, 0.1) is 0 Å². The Labute approximate surface area is 126 Å². The van der Waals surface area contributed by atoms with Gasteiger partial charge in [0, 0.05) is 37.5 Å². The molecule has 2 aliphatic rings. The maximum absolute atomic E-state index is 11.7. The highest BCUT2D eigenvalue weighted by atomic mass is 16.7. The smallest absolute Gasteiger partial charge is 0.330 e. The van der Waals surface area contributed by atoms with Gasteiger partial charge < -0.3 is 4.84 Å². The molecule has 8 nitrogen and oxygen atoms in total. The molecule has 2 rings (SSSR count). The lowest BCUT2D eigenvalue weighted by Crippen LogP contribution is -2.40. The Morgan fingerprint density at radius 1 is 1.14 bits per heavy atom. The molecular formula is C14H16N2O6. The van der Waals surface area contributed by atoms with Crippen LogP contribution in [0.3, 0.4) is 0 Å². The van der Waals surface area contributed by atoms with Crippen LogP contribution in [0.25, 0.3) is 0 Å². The zero-order valence-corrected chi connectivity index (χ0v) is 12.1. The quantitative estimate of drug-likeness (QED) is 0.644. The fourth-order valence-electron chi connectivity index (χ4n) is 2.38. The molecule has 0 bridgehead atoms. The SMILES string of the molecule is CCC(CCC(=O)ON1C(=O)CCC1=O)N1C(=O)C=CC1=O. The molecule has 0 aliphatic carbocycles. The Morgan fingerprint density at radius 3 is 2.18 bits per heavy atom. The van der Waals surface area contributed by atoms with Crippen LogP contribution < -0.4 is 0 Å². The minimum atomic E-state index is -0.742. The number of hydrogen-bond donors (Lipinski definition) is 0. The van der Waals surface area contributed by atoms with E-state index in [1.165, 1.54) is 12.2 Å². The van der Waals surface area contributed by atoms with Crippen molar-refractivity contribution < 1.29 is 28.8 Å². The van der Waals surface area contributed by atoms with E-state index in [0.717, 1.165) is 4.90 Å². The molecule has 8 heteroatoms. The highest BCUT2D eigenvalue weighted by Crippen LogP contribution is 2.18. The number of carbonyl (C=O) groups excluding carboxylic acids is 5. The molecule has 0 aromatic carbocycles. The summed E-state index contributed by atoms with van der Waals surface area (Å²) in [5, 5.41) is 0.483. The highest BCUT2D eigenvalue weighted by Gasteiger charge is 2.34. The van der Waals surface area contributed by atoms with Gasteiger partial charge in [0.2, 0.25) is 0 Å². The molecule has 4 amide bonds. The van der Waals surface area contributed by atoms with E-state index in [0.29, 0.717) is 11.5 Å². The number of amides is 4. The number of hydrogen-bond acceptors (Lipinski definition) is 6. The fourth-order valence-corrected chi connectivity index (χ4v) is 2.38. The van der Waals surface area contributed by atoms with Crippen molar-refractivity contribution in [3.8, 4) is 0 Å². The first kappa shape index (κ1) is 15.9. The van der Waals surface area contributed by atoms with Crippen LogP contribution in [0.2, 0.25) is 0 Å². The average Bonchev–Trinajstić information content (AvgIpc) is 2.97. The number of carbonyl (C=O) groups is 5. The van der Waals surface area contributed by atoms with Gasteiger partial charge in [-0.25, -0.2) is 4.79 Å². The lowest BCUT2D eigenvalue weighted by atomic mass is 10.1. The van der Waals surface area contributed by atoms with E-state index in [-0.39, 0.29) is 25.7 Å². The summed E-state index contributed by atoms with van der Waals surface area (Å²) >= 11 is 0. The second-order valence-corrected chi connectivity index (χ2v) is 5.03. The van der Waals surface area contributed by atoms with Crippen molar-refractivity contribution in [2.45, 2.75) is 45.1 Å². The van der Waals surface area contributed by atoms with E-state index in [1.807, 2.05) is 0 Å². The van der Waals surface area contributed by atoms with Gasteiger partial charge in [0.15, 0.2) is 0 Å². The van der Waals surface area contributed by atoms with Gasteiger partial charge in [0.1, 0.15) is 0 Å². The average molecular weight is 308 g/mol. The van der Waals surface area contributed by atoms with E-state index in [2.05, 4.69) is 0 Å². The Hall–Kier alpha value is -2.51. The van der Waals surface area contributed by atoms with Gasteiger partial charge in [0.05, 0.1) is 0 Å². The summed E-state index contributed by atoms with van der Waals surface area (Å²) in [6.07, 6.45) is 3.04. The molecule has 0 N–H and O–H groups in total. The largest absolute Gasteiger partial charge is 0.333 e. The Bertz CT molecular complexity index is 534. The second kappa shape index (κ2) is 6.50. The van der Waals surface area contributed by atoms with Gasteiger partial charge >= 0.3 is 5.97 Å². The molecule has 2 aliphatic heterocycles. The van der Waals surface area contributed by atoms with E-state index < -0.39 is 35.6 Å². The summed E-state index contributed by atoms with van der Waals surface area (Å²) in [4.78, 5) is 63.4. The van der Waals surface area contributed by atoms with Crippen LogP contribution in [-0.4, -0.2) is 45.6 Å². The normalized spacial score (nSPS) is 19.3. The maximum atomic E-state index is 11.7. The molecule has 1 unspecified atom stereocenters. The van der Waals surface area contributed by atoms with Gasteiger partial charge in [-0.2, -0.15) is 0 Å². The van der Waals surface area contributed by atoms with Crippen molar-refractivity contribution in [2.75, 3.05) is 0 Å². The summed E-state index contributed by atoms with van der Waals surface area (Å²) in [5.74, 6) is -2.64. The molecule has 118 valence electrons. The zero-order chi connectivity index (χ0) is 16.3. The van der Waals surface area contributed by atoms with E-state index in [1.54, 1.807) is 6.92 Å². The van der Waals surface area contributed by atoms with Crippen molar-refractivity contribution in [1.82, 2.24) is 9.96 Å². The number of imide groups is 2. The first-order valence-electron chi connectivity index (χ1n) is 7.05. The molecule has 0 radical (unpaired) electrons. The molecule has 0 aromatic rings. The van der Waals surface area contributed by atoms with Crippen molar-refractivity contribution in [1.29, 1.82) is 0 Å². The molecule has 1 saturated heterocycles. The van der Waals surface area contributed by atoms with Crippen LogP contribution in [0.15, 0.2) is 12.2 Å². The summed E-state index contributed by atoms with van der Waals surface area (Å²) < 4.78 is 0. The minimum Gasteiger partial charge on any atom is -0.330 e. The second-order valence-electron chi connectivity index (χ2n) is 5.03. The third-order valence-electron chi connectivity index (χ3n) is 3.56. The Balaban J connectivity index is 1.87. The molecule has 2 heterocycles. The predicted octanol–water partition coefficient (Wildman–Crippen LogP) is 0.0774. The molecule has 0 spiro atoms. The maximum Gasteiger partial charge on any atom is 0.333 e. The van der Waals surface area contributed by atoms with Crippen molar-refractivity contribution in [2.24, 2.45) is 0 Å². The van der Waals surface area contributed by atoms with Crippen LogP contribution in [0.4, 0.5) is 0 Å². The molecule has 0 saturated carbocycles. The van der Waals surface area contributed by atoms with Crippen molar-refractivity contribution in [3.63, 3.8) is 0 Å². The molecule has 1 atom stereocenters. The van der Waals surface area contributed by atoms with Crippen LogP contribution in [-0.2, 0) is 28.8 Å². The topological polar surface area (TPSA) is 101 Å². The van der Waals surface area contributed by atoms with Crippen LogP contribution in [0.1, 0.15) is 39.0 Å². The van der Waals surface area contributed by atoms with Crippen LogP contribution >= 0.6 is 0 Å². The van der Waals surface area contributed by atoms with Gasteiger partial charge in [-0.05, 0) is 12.8 Å². The first-order chi connectivity index (χ1) is 10.4. The summed E-state index contributed by atoms with van der Waals surface area (Å²) in [6, 6.07) is -0.424. The van der Waals surface area contributed by atoms with E-state index in [9.17, 15) is 24.0 Å². The molecular weight excluding hydrogens is 292 g/mol. The van der Waals surface area contributed by atoms with Gasteiger partial charge in [0.25, 0.3) is 23.6 Å². The molecule has 1 fully saturated rings. The Morgan fingerprint density at radius 2 is 1.68 bits per heavy atom. The lowest BCUT2D eigenvalue weighted by Gasteiger charge is -2.24. The fraction of sp³-hybridized carbons (Fsp3) is 0.500. The van der Waals surface area contributed by atoms with Gasteiger partial charge in [-0.15, -0.1) is 5.06 Å². The standard InChI is InChI=1S/C14H16N2O6/c1-2-9(15-10(17)4-5-11(15)18)3-8-14(21)22-16-12(19)6-7-13(16)20/h4-5,9H,2-3,6-8H2,1H3. The van der Waals surface area contributed by atoms with Crippen LogP contribution in [0.5, 0.6) is 0 Å². The number of hydroxylamine groups is 2. The third-order valence-corrected chi connectivity index (χ3v) is 3.56. The number of nitrogens with zero attached hydrogens (tertiary/aromatic N) is 2. The molecule has 0 aromatic heterocycles. The molecule has 22 heavy (non-hydrogen) atoms. The van der Waals surface area contributed by atoms with E-state index in [4.69, 9.17) is 4.84 Å². The van der Waals surface area contributed by atoms with Gasteiger partial charge in [-0.3, -0.25) is 24.1 Å². The summed E-state index contributed by atoms with van der Waals surface area (Å²) in [6.45, 7) is 1.79. The predicted molar refractivity (Wildman–Crippen MR) is 71.5 cm³/mol. The van der Waals surface area contributed by atoms with E-state index >= 15 is 0 Å². The first-order valence-corrected chi connectivity index (χ1v) is 7.05. The summed E-state index contributed by atoms with van der Waals surface area (Å²) in [7, 11) is 0. The van der Waals surface area contributed by atoms with Crippen molar-refractivity contribution >= 4 is 29.6 Å². The highest BCUT2D eigenvalue weighted by molar-refractivity contribution is 6.13. The summed E-state index contributed by atoms with van der Waals surface area (Å²) in [5.41, 5.74) is 0. The zero-order valence-electron chi connectivity index (χ0n) is 12.1. The van der Waals surface area contributed by atoms with Crippen molar-refractivity contribution in [3.05, 3.63) is 12.2 Å². The minimum absolute atomic E-state index is 0.0339.